The molecule has 0 bridgehead atoms. The first-order valence-electron chi connectivity index (χ1n) is 7.29. The van der Waals surface area contributed by atoms with E-state index in [-0.39, 0.29) is 12.0 Å². The van der Waals surface area contributed by atoms with Crippen molar-refractivity contribution in [2.45, 2.75) is 12.3 Å². The molecule has 0 saturated carbocycles. The van der Waals surface area contributed by atoms with Crippen molar-refractivity contribution < 1.29 is 14.6 Å². The van der Waals surface area contributed by atoms with E-state index in [1.165, 1.54) is 11.5 Å². The Bertz CT molecular complexity index is 937. The molecule has 1 atom stereocenters. The third-order valence-corrected chi connectivity index (χ3v) is 3.78. The van der Waals surface area contributed by atoms with Crippen molar-refractivity contribution in [1.82, 2.24) is 14.4 Å². The third-order valence-electron chi connectivity index (χ3n) is 3.78. The minimum Gasteiger partial charge on any atom is -0.493 e. The Morgan fingerprint density at radius 1 is 1.33 bits per heavy atom. The standard InChI is InChI=1S/C17H15N3O4/c1-24-14(21)9-12(11-5-4-7-18-10-11)15-16(22)19-13-6-2-3-8-20(13)17(15)23/h2-8,10,12,22H,9H2,1H3/t12-/m1/s1. The first-order valence-corrected chi connectivity index (χ1v) is 7.29. The SMILES string of the molecule is COC(=O)C[C@H](c1cccnc1)c1c(O)nc2ccccn2c1=O. The van der Waals surface area contributed by atoms with Crippen molar-refractivity contribution in [1.29, 1.82) is 0 Å². The largest absolute Gasteiger partial charge is 0.493 e. The predicted octanol–water partition coefficient (Wildman–Crippen LogP) is 1.49. The molecule has 0 aliphatic heterocycles. The fourth-order valence-corrected chi connectivity index (χ4v) is 2.61. The number of rotatable bonds is 4. The monoisotopic (exact) mass is 325 g/mol. The van der Waals surface area contributed by atoms with Crippen LogP contribution in [-0.4, -0.2) is 32.6 Å². The Labute approximate surface area is 137 Å². The quantitative estimate of drug-likeness (QED) is 0.730. The molecular formula is C17H15N3O4. The van der Waals surface area contributed by atoms with Crippen LogP contribution in [0.15, 0.2) is 53.7 Å². The fourth-order valence-electron chi connectivity index (χ4n) is 2.61. The Kier molecular flexibility index (Phi) is 4.24. The van der Waals surface area contributed by atoms with Gasteiger partial charge in [-0.25, -0.2) is 0 Å². The van der Waals surface area contributed by atoms with Gasteiger partial charge in [-0.15, -0.1) is 0 Å². The summed E-state index contributed by atoms with van der Waals surface area (Å²) in [5.41, 5.74) is 0.549. The van der Waals surface area contributed by atoms with Gasteiger partial charge in [-0.2, -0.15) is 4.98 Å². The number of hydrogen-bond acceptors (Lipinski definition) is 6. The molecule has 0 aliphatic rings. The molecule has 0 spiro atoms. The van der Waals surface area contributed by atoms with Crippen LogP contribution in [0.2, 0.25) is 0 Å². The maximum atomic E-state index is 12.8. The lowest BCUT2D eigenvalue weighted by atomic mass is 9.90. The van der Waals surface area contributed by atoms with E-state index in [1.54, 1.807) is 48.9 Å². The molecule has 0 aromatic carbocycles. The summed E-state index contributed by atoms with van der Waals surface area (Å²) in [6, 6.07) is 8.45. The number of hydrogen-bond donors (Lipinski definition) is 1. The van der Waals surface area contributed by atoms with Gasteiger partial charge in [-0.1, -0.05) is 12.1 Å². The van der Waals surface area contributed by atoms with E-state index in [4.69, 9.17) is 4.74 Å². The van der Waals surface area contributed by atoms with Crippen LogP contribution in [-0.2, 0) is 9.53 Å². The van der Waals surface area contributed by atoms with Crippen molar-refractivity contribution in [3.05, 3.63) is 70.4 Å². The molecule has 0 aliphatic carbocycles. The second-order valence-electron chi connectivity index (χ2n) is 5.20. The highest BCUT2D eigenvalue weighted by Crippen LogP contribution is 2.30. The Morgan fingerprint density at radius 3 is 2.88 bits per heavy atom. The number of fused-ring (bicyclic) bond motifs is 1. The number of esters is 1. The van der Waals surface area contributed by atoms with Crippen LogP contribution in [0, 0.1) is 0 Å². The maximum absolute atomic E-state index is 12.8. The van der Waals surface area contributed by atoms with Crippen LogP contribution >= 0.6 is 0 Å². The van der Waals surface area contributed by atoms with E-state index in [9.17, 15) is 14.7 Å². The van der Waals surface area contributed by atoms with Crippen molar-refractivity contribution in [2.24, 2.45) is 0 Å². The molecule has 7 heteroatoms. The minimum absolute atomic E-state index is 0.0390. The lowest BCUT2D eigenvalue weighted by Crippen LogP contribution is -2.24. The van der Waals surface area contributed by atoms with Gasteiger partial charge in [0.1, 0.15) is 5.65 Å². The van der Waals surface area contributed by atoms with Gasteiger partial charge in [0, 0.05) is 24.5 Å². The summed E-state index contributed by atoms with van der Waals surface area (Å²) in [5, 5.41) is 10.3. The summed E-state index contributed by atoms with van der Waals surface area (Å²) in [6.07, 6.45) is 4.59. The summed E-state index contributed by atoms with van der Waals surface area (Å²) < 4.78 is 6.05. The van der Waals surface area contributed by atoms with Gasteiger partial charge in [0.15, 0.2) is 0 Å². The molecule has 122 valence electrons. The molecule has 3 aromatic rings. The number of carbonyl (C=O) groups excluding carboxylic acids is 1. The van der Waals surface area contributed by atoms with Gasteiger partial charge in [0.2, 0.25) is 5.88 Å². The first kappa shape index (κ1) is 15.7. The fraction of sp³-hybridized carbons (Fsp3) is 0.176. The Morgan fingerprint density at radius 2 is 2.17 bits per heavy atom. The maximum Gasteiger partial charge on any atom is 0.306 e. The lowest BCUT2D eigenvalue weighted by Gasteiger charge is -2.17. The zero-order valence-corrected chi connectivity index (χ0v) is 12.9. The van der Waals surface area contributed by atoms with E-state index >= 15 is 0 Å². The molecule has 1 N–H and O–H groups in total. The summed E-state index contributed by atoms with van der Waals surface area (Å²) in [4.78, 5) is 32.7. The van der Waals surface area contributed by atoms with Crippen LogP contribution in [0.3, 0.4) is 0 Å². The number of methoxy groups -OCH3 is 1. The first-order chi connectivity index (χ1) is 11.6. The van der Waals surface area contributed by atoms with Crippen LogP contribution in [0.25, 0.3) is 5.65 Å². The van der Waals surface area contributed by atoms with E-state index in [0.717, 1.165) is 0 Å². The number of pyridine rings is 2. The van der Waals surface area contributed by atoms with Gasteiger partial charge in [-0.3, -0.25) is 19.0 Å². The van der Waals surface area contributed by atoms with E-state index in [1.807, 2.05) is 0 Å². The third kappa shape index (κ3) is 2.83. The number of aromatic hydroxyl groups is 1. The average molecular weight is 325 g/mol. The van der Waals surface area contributed by atoms with Crippen LogP contribution in [0.4, 0.5) is 0 Å². The molecule has 0 unspecified atom stereocenters. The molecule has 0 radical (unpaired) electrons. The molecule has 3 heterocycles. The predicted molar refractivity (Wildman–Crippen MR) is 85.8 cm³/mol. The summed E-state index contributed by atoms with van der Waals surface area (Å²) in [5.74, 6) is -1.60. The molecular weight excluding hydrogens is 310 g/mol. The van der Waals surface area contributed by atoms with Gasteiger partial charge < -0.3 is 9.84 Å². The highest BCUT2D eigenvalue weighted by molar-refractivity contribution is 5.71. The smallest absolute Gasteiger partial charge is 0.306 e. The highest BCUT2D eigenvalue weighted by Gasteiger charge is 2.26. The summed E-state index contributed by atoms with van der Waals surface area (Å²) in [6.45, 7) is 0. The van der Waals surface area contributed by atoms with Crippen molar-refractivity contribution in [2.75, 3.05) is 7.11 Å². The normalized spacial score (nSPS) is 12.0. The molecule has 3 aromatic heterocycles. The van der Waals surface area contributed by atoms with Gasteiger partial charge in [-0.05, 0) is 23.8 Å². The molecule has 0 amide bonds. The number of ether oxygens (including phenoxy) is 1. The second kappa shape index (κ2) is 6.49. The zero-order valence-electron chi connectivity index (χ0n) is 12.9. The van der Waals surface area contributed by atoms with Crippen LogP contribution in [0.5, 0.6) is 5.88 Å². The average Bonchev–Trinajstić information content (AvgIpc) is 2.61. The molecule has 3 rings (SSSR count). The molecule has 24 heavy (non-hydrogen) atoms. The van der Waals surface area contributed by atoms with Crippen LogP contribution < -0.4 is 5.56 Å². The molecule has 0 fully saturated rings. The van der Waals surface area contributed by atoms with Crippen molar-refractivity contribution in [3.63, 3.8) is 0 Å². The summed E-state index contributed by atoms with van der Waals surface area (Å²) in [7, 11) is 1.27. The zero-order chi connectivity index (χ0) is 17.1. The Hall–Kier alpha value is -3.22. The highest BCUT2D eigenvalue weighted by atomic mass is 16.5. The number of aromatic nitrogens is 3. The van der Waals surface area contributed by atoms with E-state index < -0.39 is 23.3 Å². The minimum atomic E-state index is -0.705. The number of carbonyl (C=O) groups is 1. The van der Waals surface area contributed by atoms with Gasteiger partial charge >= 0.3 is 5.97 Å². The molecule has 7 nitrogen and oxygen atoms in total. The Balaban J connectivity index is 2.23. The van der Waals surface area contributed by atoms with Gasteiger partial charge in [0.05, 0.1) is 19.1 Å². The second-order valence-corrected chi connectivity index (χ2v) is 5.20. The van der Waals surface area contributed by atoms with Crippen molar-refractivity contribution in [3.8, 4) is 5.88 Å². The van der Waals surface area contributed by atoms with Crippen molar-refractivity contribution >= 4 is 11.6 Å². The topological polar surface area (TPSA) is 93.8 Å². The molecule has 0 saturated heterocycles. The van der Waals surface area contributed by atoms with E-state index in [2.05, 4.69) is 9.97 Å². The number of nitrogens with zero attached hydrogens (tertiary/aromatic N) is 3. The lowest BCUT2D eigenvalue weighted by molar-refractivity contribution is -0.140. The summed E-state index contributed by atoms with van der Waals surface area (Å²) >= 11 is 0. The van der Waals surface area contributed by atoms with E-state index in [0.29, 0.717) is 11.2 Å². The van der Waals surface area contributed by atoms with Crippen LogP contribution in [0.1, 0.15) is 23.5 Å². The van der Waals surface area contributed by atoms with Gasteiger partial charge in [0.25, 0.3) is 5.56 Å².